The van der Waals surface area contributed by atoms with Gasteiger partial charge in [-0.3, -0.25) is 9.59 Å². The molecule has 0 bridgehead atoms. The maximum absolute atomic E-state index is 12.5. The molecule has 3 N–H and O–H groups in total. The van der Waals surface area contributed by atoms with Crippen LogP contribution in [-0.4, -0.2) is 23.1 Å². The molecule has 1 heterocycles. The second kappa shape index (κ2) is 7.37. The molecule has 0 spiro atoms. The molecular weight excluding hydrogens is 344 g/mol. The number of phenols is 1. The average molecular weight is 364 g/mol. The lowest BCUT2D eigenvalue weighted by Gasteiger charge is -2.11. The molecule has 0 saturated carbocycles. The van der Waals surface area contributed by atoms with Gasteiger partial charge in [0.05, 0.1) is 18.4 Å². The fourth-order valence-corrected chi connectivity index (χ4v) is 2.81. The summed E-state index contributed by atoms with van der Waals surface area (Å²) in [7, 11) is 1.48. The van der Waals surface area contributed by atoms with Crippen LogP contribution >= 0.6 is 0 Å². The number of aromatic nitrogens is 1. The lowest BCUT2D eigenvalue weighted by molar-refractivity contribution is 0.102. The van der Waals surface area contributed by atoms with Gasteiger partial charge in [0.1, 0.15) is 11.5 Å². The standard InChI is InChI=1S/C21H20N2O4/c1-12-4-5-13(2)17(8-12)18-9-14(11-22-20(18)25)23-21(26)16-7-6-15(27-3)10-19(16)24/h4-11,24H,1-3H3,(H,22,25)(H,23,26). The number of carbonyl (C=O) groups excluding carboxylic acids is 1. The summed E-state index contributed by atoms with van der Waals surface area (Å²) in [5.74, 6) is -0.231. The third-order valence-corrected chi connectivity index (χ3v) is 4.29. The molecule has 0 fully saturated rings. The molecule has 3 aromatic rings. The van der Waals surface area contributed by atoms with Crippen LogP contribution in [0, 0.1) is 13.8 Å². The number of aryl methyl sites for hydroxylation is 2. The van der Waals surface area contributed by atoms with Crippen molar-refractivity contribution in [2.24, 2.45) is 0 Å². The van der Waals surface area contributed by atoms with Crippen LogP contribution in [0.3, 0.4) is 0 Å². The molecule has 0 aliphatic heterocycles. The first-order valence-electron chi connectivity index (χ1n) is 8.37. The van der Waals surface area contributed by atoms with Crippen LogP contribution in [-0.2, 0) is 0 Å². The summed E-state index contributed by atoms with van der Waals surface area (Å²) in [5, 5.41) is 12.7. The molecule has 0 aliphatic rings. The van der Waals surface area contributed by atoms with Gasteiger partial charge in [-0.15, -0.1) is 0 Å². The molecular formula is C21H20N2O4. The van der Waals surface area contributed by atoms with Gasteiger partial charge < -0.3 is 20.1 Å². The Hall–Kier alpha value is -3.54. The van der Waals surface area contributed by atoms with Crippen molar-refractivity contribution in [3.05, 3.63) is 75.7 Å². The summed E-state index contributed by atoms with van der Waals surface area (Å²) in [5.41, 5.74) is 3.55. The number of anilines is 1. The number of carbonyl (C=O) groups is 1. The number of pyridine rings is 1. The van der Waals surface area contributed by atoms with Crippen LogP contribution in [0.5, 0.6) is 11.5 Å². The van der Waals surface area contributed by atoms with Crippen molar-refractivity contribution in [3.63, 3.8) is 0 Å². The number of hydrogen-bond acceptors (Lipinski definition) is 4. The highest BCUT2D eigenvalue weighted by Crippen LogP contribution is 2.26. The van der Waals surface area contributed by atoms with Crippen molar-refractivity contribution in [1.29, 1.82) is 0 Å². The first kappa shape index (κ1) is 18.3. The van der Waals surface area contributed by atoms with E-state index in [1.54, 1.807) is 12.1 Å². The molecule has 2 aromatic carbocycles. The number of amides is 1. The van der Waals surface area contributed by atoms with Crippen LogP contribution in [0.2, 0.25) is 0 Å². The topological polar surface area (TPSA) is 91.4 Å². The van der Waals surface area contributed by atoms with Crippen LogP contribution in [0.4, 0.5) is 5.69 Å². The SMILES string of the molecule is COc1ccc(C(=O)Nc2c[nH]c(=O)c(-c3cc(C)ccc3C)c2)c(O)c1. The van der Waals surface area contributed by atoms with E-state index in [1.807, 2.05) is 32.0 Å². The first-order chi connectivity index (χ1) is 12.9. The van der Waals surface area contributed by atoms with Crippen molar-refractivity contribution in [3.8, 4) is 22.6 Å². The summed E-state index contributed by atoms with van der Waals surface area (Å²) in [6.07, 6.45) is 1.43. The van der Waals surface area contributed by atoms with Crippen molar-refractivity contribution in [1.82, 2.24) is 4.98 Å². The average Bonchev–Trinajstić information content (AvgIpc) is 2.65. The van der Waals surface area contributed by atoms with E-state index in [0.29, 0.717) is 17.0 Å². The second-order valence-corrected chi connectivity index (χ2v) is 6.29. The summed E-state index contributed by atoms with van der Waals surface area (Å²) < 4.78 is 5.02. The highest BCUT2D eigenvalue weighted by atomic mass is 16.5. The van der Waals surface area contributed by atoms with Gasteiger partial charge in [0.2, 0.25) is 0 Å². The number of aromatic amines is 1. The van der Waals surface area contributed by atoms with Gasteiger partial charge in [0.15, 0.2) is 0 Å². The summed E-state index contributed by atoms with van der Waals surface area (Å²) in [4.78, 5) is 27.4. The van der Waals surface area contributed by atoms with Crippen LogP contribution in [0.1, 0.15) is 21.5 Å². The fourth-order valence-electron chi connectivity index (χ4n) is 2.81. The number of methoxy groups -OCH3 is 1. The molecule has 0 unspecified atom stereocenters. The van der Waals surface area contributed by atoms with E-state index in [-0.39, 0.29) is 16.9 Å². The maximum atomic E-state index is 12.5. The van der Waals surface area contributed by atoms with Crippen molar-refractivity contribution < 1.29 is 14.6 Å². The highest BCUT2D eigenvalue weighted by Gasteiger charge is 2.14. The Morgan fingerprint density at radius 3 is 2.56 bits per heavy atom. The van der Waals surface area contributed by atoms with Crippen molar-refractivity contribution >= 4 is 11.6 Å². The number of phenolic OH excluding ortho intramolecular Hbond substituents is 1. The highest BCUT2D eigenvalue weighted by molar-refractivity contribution is 6.06. The normalized spacial score (nSPS) is 10.5. The molecule has 0 saturated heterocycles. The smallest absolute Gasteiger partial charge is 0.259 e. The summed E-state index contributed by atoms with van der Waals surface area (Å²) in [6.45, 7) is 3.88. The zero-order chi connectivity index (χ0) is 19.6. The monoisotopic (exact) mass is 364 g/mol. The molecule has 1 aromatic heterocycles. The molecule has 3 rings (SSSR count). The minimum absolute atomic E-state index is 0.107. The van der Waals surface area contributed by atoms with Gasteiger partial charge in [-0.1, -0.05) is 23.8 Å². The van der Waals surface area contributed by atoms with Gasteiger partial charge in [-0.2, -0.15) is 0 Å². The van der Waals surface area contributed by atoms with Crippen molar-refractivity contribution in [2.45, 2.75) is 13.8 Å². The Kier molecular flexibility index (Phi) is 4.98. The number of H-pyrrole nitrogens is 1. The Bertz CT molecular complexity index is 1070. The lowest BCUT2D eigenvalue weighted by Crippen LogP contribution is -2.15. The van der Waals surface area contributed by atoms with E-state index in [4.69, 9.17) is 4.74 Å². The summed E-state index contributed by atoms with van der Waals surface area (Å²) in [6, 6.07) is 11.9. The molecule has 138 valence electrons. The third-order valence-electron chi connectivity index (χ3n) is 4.29. The van der Waals surface area contributed by atoms with Crippen LogP contribution in [0.15, 0.2) is 53.5 Å². The molecule has 1 amide bonds. The minimum Gasteiger partial charge on any atom is -0.507 e. The zero-order valence-corrected chi connectivity index (χ0v) is 15.3. The molecule has 0 aliphatic carbocycles. The number of aromatic hydroxyl groups is 1. The maximum Gasteiger partial charge on any atom is 0.259 e. The van der Waals surface area contributed by atoms with Gasteiger partial charge in [0, 0.05) is 17.8 Å². The van der Waals surface area contributed by atoms with E-state index in [0.717, 1.165) is 16.7 Å². The number of benzene rings is 2. The molecule has 0 atom stereocenters. The number of nitrogens with one attached hydrogen (secondary N) is 2. The minimum atomic E-state index is -0.492. The van der Waals surface area contributed by atoms with Gasteiger partial charge in [0.25, 0.3) is 11.5 Å². The van der Waals surface area contributed by atoms with E-state index < -0.39 is 5.91 Å². The van der Waals surface area contributed by atoms with Crippen molar-refractivity contribution in [2.75, 3.05) is 12.4 Å². The van der Waals surface area contributed by atoms with E-state index in [1.165, 1.54) is 25.4 Å². The second-order valence-electron chi connectivity index (χ2n) is 6.29. The predicted octanol–water partition coefficient (Wildman–Crippen LogP) is 3.63. The van der Waals surface area contributed by atoms with Gasteiger partial charge in [-0.05, 0) is 43.2 Å². The molecule has 6 heteroatoms. The predicted molar refractivity (Wildman–Crippen MR) is 105 cm³/mol. The number of rotatable bonds is 4. The summed E-state index contributed by atoms with van der Waals surface area (Å²) >= 11 is 0. The molecule has 6 nitrogen and oxygen atoms in total. The zero-order valence-electron chi connectivity index (χ0n) is 15.3. The lowest BCUT2D eigenvalue weighted by atomic mass is 9.99. The third kappa shape index (κ3) is 3.84. The largest absolute Gasteiger partial charge is 0.507 e. The van der Waals surface area contributed by atoms with Crippen LogP contribution < -0.4 is 15.6 Å². The van der Waals surface area contributed by atoms with Gasteiger partial charge in [-0.25, -0.2) is 0 Å². The number of hydrogen-bond donors (Lipinski definition) is 3. The Morgan fingerprint density at radius 1 is 1.07 bits per heavy atom. The fraction of sp³-hybridized carbons (Fsp3) is 0.143. The molecule has 0 radical (unpaired) electrons. The van der Waals surface area contributed by atoms with Gasteiger partial charge >= 0.3 is 0 Å². The van der Waals surface area contributed by atoms with E-state index in [2.05, 4.69) is 10.3 Å². The quantitative estimate of drug-likeness (QED) is 0.659. The van der Waals surface area contributed by atoms with E-state index in [9.17, 15) is 14.7 Å². The molecule has 27 heavy (non-hydrogen) atoms. The van der Waals surface area contributed by atoms with Crippen LogP contribution in [0.25, 0.3) is 11.1 Å². The number of ether oxygens (including phenoxy) is 1. The van der Waals surface area contributed by atoms with E-state index >= 15 is 0 Å². The Balaban J connectivity index is 1.94. The Morgan fingerprint density at radius 2 is 1.85 bits per heavy atom. The Labute approximate surface area is 156 Å². The first-order valence-corrected chi connectivity index (χ1v) is 8.37.